The molecule has 0 bridgehead atoms. The van der Waals surface area contributed by atoms with Crippen LogP contribution in [-0.4, -0.2) is 51.5 Å². The van der Waals surface area contributed by atoms with Crippen molar-refractivity contribution in [3.8, 4) is 0 Å². The first kappa shape index (κ1) is 17.4. The predicted octanol–water partition coefficient (Wildman–Crippen LogP) is 1.69. The maximum Gasteiger partial charge on any atom is 0.262 e. The van der Waals surface area contributed by atoms with Crippen LogP contribution in [0.1, 0.15) is 35.9 Å². The quantitative estimate of drug-likeness (QED) is 0.762. The highest BCUT2D eigenvalue weighted by molar-refractivity contribution is 7.89. The summed E-state index contributed by atoms with van der Waals surface area (Å²) in [5.41, 5.74) is 0. The van der Waals surface area contributed by atoms with Crippen LogP contribution in [0.4, 0.5) is 0 Å². The number of hydrogen-bond donors (Lipinski definition) is 1. The molecular formula is C14H22N2O4S2. The fourth-order valence-corrected chi connectivity index (χ4v) is 4.97. The van der Waals surface area contributed by atoms with Crippen LogP contribution in [0.25, 0.3) is 0 Å². The zero-order valence-corrected chi connectivity index (χ0v) is 14.3. The molecular weight excluding hydrogens is 324 g/mol. The van der Waals surface area contributed by atoms with E-state index in [2.05, 4.69) is 12.2 Å². The van der Waals surface area contributed by atoms with Gasteiger partial charge in [-0.25, -0.2) is 8.42 Å². The number of thiophene rings is 1. The van der Waals surface area contributed by atoms with Crippen LogP contribution < -0.4 is 5.32 Å². The number of carbonyl (C=O) groups excluding carboxylic acids is 1. The monoisotopic (exact) mass is 346 g/mol. The first-order valence-corrected chi connectivity index (χ1v) is 9.83. The second-order valence-corrected chi connectivity index (χ2v) is 7.92. The molecule has 1 aromatic rings. The minimum atomic E-state index is -3.63. The molecule has 6 nitrogen and oxygen atoms in total. The first-order valence-electron chi connectivity index (χ1n) is 7.51. The topological polar surface area (TPSA) is 75.7 Å². The van der Waals surface area contributed by atoms with E-state index in [1.807, 2.05) is 0 Å². The Balaban J connectivity index is 2.09. The van der Waals surface area contributed by atoms with Gasteiger partial charge in [0.15, 0.2) is 0 Å². The molecule has 0 aromatic carbocycles. The van der Waals surface area contributed by atoms with Gasteiger partial charge in [-0.2, -0.15) is 4.31 Å². The minimum absolute atomic E-state index is 0.104. The van der Waals surface area contributed by atoms with Crippen molar-refractivity contribution >= 4 is 27.3 Å². The van der Waals surface area contributed by atoms with Crippen LogP contribution in [0.2, 0.25) is 0 Å². The van der Waals surface area contributed by atoms with E-state index in [-0.39, 0.29) is 15.7 Å². The number of carbonyl (C=O) groups is 1. The lowest BCUT2D eigenvalue weighted by Gasteiger charge is -2.26. The van der Waals surface area contributed by atoms with Crippen molar-refractivity contribution in [3.63, 3.8) is 0 Å². The van der Waals surface area contributed by atoms with Gasteiger partial charge in [-0.1, -0.05) is 19.8 Å². The van der Waals surface area contributed by atoms with Crippen molar-refractivity contribution < 1.29 is 17.9 Å². The Bertz CT molecular complexity index is 592. The third-order valence-electron chi connectivity index (χ3n) is 3.49. The molecule has 1 aliphatic heterocycles. The lowest BCUT2D eigenvalue weighted by Crippen LogP contribution is -2.41. The Morgan fingerprint density at radius 3 is 2.77 bits per heavy atom. The van der Waals surface area contributed by atoms with Gasteiger partial charge in [-0.05, 0) is 17.9 Å². The Kier molecular flexibility index (Phi) is 6.37. The number of ether oxygens (including phenoxy) is 1. The summed E-state index contributed by atoms with van der Waals surface area (Å²) >= 11 is 1.16. The van der Waals surface area contributed by atoms with Crippen molar-refractivity contribution in [3.05, 3.63) is 16.3 Å². The molecule has 0 saturated carbocycles. The van der Waals surface area contributed by atoms with Crippen LogP contribution in [0, 0.1) is 0 Å². The van der Waals surface area contributed by atoms with Crippen molar-refractivity contribution in [2.24, 2.45) is 0 Å². The average molecular weight is 346 g/mol. The summed E-state index contributed by atoms with van der Waals surface area (Å²) in [7, 11) is -3.63. The molecule has 1 saturated heterocycles. The highest BCUT2D eigenvalue weighted by atomic mass is 32.2. The largest absolute Gasteiger partial charge is 0.379 e. The van der Waals surface area contributed by atoms with Crippen molar-refractivity contribution in [2.75, 3.05) is 32.8 Å². The summed E-state index contributed by atoms with van der Waals surface area (Å²) < 4.78 is 31.9. The van der Waals surface area contributed by atoms with Gasteiger partial charge in [0.05, 0.1) is 13.2 Å². The first-order chi connectivity index (χ1) is 10.6. The number of nitrogens with zero attached hydrogens (tertiary/aromatic N) is 1. The Labute approximate surface area is 135 Å². The zero-order valence-electron chi connectivity index (χ0n) is 12.7. The Hall–Kier alpha value is -0.960. The number of unbranched alkanes of at least 4 members (excludes halogenated alkanes) is 2. The average Bonchev–Trinajstić information content (AvgIpc) is 3.03. The van der Waals surface area contributed by atoms with Crippen molar-refractivity contribution in [1.29, 1.82) is 0 Å². The highest BCUT2D eigenvalue weighted by Crippen LogP contribution is 2.25. The second-order valence-electron chi connectivity index (χ2n) is 5.09. The fourth-order valence-electron chi connectivity index (χ4n) is 2.25. The van der Waals surface area contributed by atoms with Gasteiger partial charge < -0.3 is 10.1 Å². The van der Waals surface area contributed by atoms with Gasteiger partial charge in [-0.3, -0.25) is 4.79 Å². The molecule has 0 radical (unpaired) electrons. The SMILES string of the molecule is CCCCCNC(=O)c1sccc1S(=O)(=O)N1CCOCC1. The molecule has 2 rings (SSSR count). The van der Waals surface area contributed by atoms with Crippen molar-refractivity contribution in [2.45, 2.75) is 31.1 Å². The maximum absolute atomic E-state index is 12.6. The fraction of sp³-hybridized carbons (Fsp3) is 0.643. The van der Waals surface area contributed by atoms with Gasteiger partial charge in [-0.15, -0.1) is 11.3 Å². The zero-order chi connectivity index (χ0) is 16.0. The van der Waals surface area contributed by atoms with Crippen LogP contribution in [0.5, 0.6) is 0 Å². The third kappa shape index (κ3) is 4.07. The molecule has 124 valence electrons. The molecule has 2 heterocycles. The molecule has 0 aliphatic carbocycles. The van der Waals surface area contributed by atoms with E-state index < -0.39 is 10.0 Å². The number of morpholine rings is 1. The minimum Gasteiger partial charge on any atom is -0.379 e. The van der Waals surface area contributed by atoms with Crippen LogP contribution in [0.15, 0.2) is 16.3 Å². The Morgan fingerprint density at radius 2 is 2.09 bits per heavy atom. The van der Waals surface area contributed by atoms with E-state index in [9.17, 15) is 13.2 Å². The molecule has 22 heavy (non-hydrogen) atoms. The molecule has 1 aromatic heterocycles. The number of amides is 1. The molecule has 1 aliphatic rings. The molecule has 1 amide bonds. The van der Waals surface area contributed by atoms with E-state index in [1.165, 1.54) is 10.4 Å². The second kappa shape index (κ2) is 8.05. The van der Waals surface area contributed by atoms with E-state index in [0.717, 1.165) is 30.6 Å². The van der Waals surface area contributed by atoms with E-state index in [0.29, 0.717) is 32.8 Å². The molecule has 8 heteroatoms. The van der Waals surface area contributed by atoms with Crippen LogP contribution in [0.3, 0.4) is 0 Å². The Morgan fingerprint density at radius 1 is 1.36 bits per heavy atom. The highest BCUT2D eigenvalue weighted by Gasteiger charge is 2.31. The summed E-state index contributed by atoms with van der Waals surface area (Å²) in [4.78, 5) is 12.6. The lowest BCUT2D eigenvalue weighted by atomic mass is 10.2. The van der Waals surface area contributed by atoms with Crippen molar-refractivity contribution in [1.82, 2.24) is 9.62 Å². The number of sulfonamides is 1. The third-order valence-corrected chi connectivity index (χ3v) is 6.47. The summed E-state index contributed by atoms with van der Waals surface area (Å²) in [6, 6.07) is 1.51. The summed E-state index contributed by atoms with van der Waals surface area (Å²) in [6.07, 6.45) is 3.02. The van der Waals surface area contributed by atoms with E-state index in [4.69, 9.17) is 4.74 Å². The van der Waals surface area contributed by atoms with Crippen LogP contribution >= 0.6 is 11.3 Å². The predicted molar refractivity (Wildman–Crippen MR) is 85.8 cm³/mol. The molecule has 0 spiro atoms. The normalized spacial score (nSPS) is 16.6. The maximum atomic E-state index is 12.6. The van der Waals surface area contributed by atoms with Gasteiger partial charge in [0, 0.05) is 19.6 Å². The van der Waals surface area contributed by atoms with Gasteiger partial charge in [0.1, 0.15) is 9.77 Å². The summed E-state index contributed by atoms with van der Waals surface area (Å²) in [6.45, 7) is 4.10. The van der Waals surface area contributed by atoms with Gasteiger partial charge in [0.2, 0.25) is 10.0 Å². The summed E-state index contributed by atoms with van der Waals surface area (Å²) in [5.74, 6) is -0.307. The summed E-state index contributed by atoms with van der Waals surface area (Å²) in [5, 5.41) is 4.45. The van der Waals surface area contributed by atoms with E-state index in [1.54, 1.807) is 5.38 Å². The molecule has 1 N–H and O–H groups in total. The molecule has 0 atom stereocenters. The number of nitrogens with one attached hydrogen (secondary N) is 1. The molecule has 0 unspecified atom stereocenters. The number of rotatable bonds is 7. The number of hydrogen-bond acceptors (Lipinski definition) is 5. The lowest BCUT2D eigenvalue weighted by molar-refractivity contribution is 0.0730. The van der Waals surface area contributed by atoms with E-state index >= 15 is 0 Å². The van der Waals surface area contributed by atoms with Gasteiger partial charge in [0.25, 0.3) is 5.91 Å². The van der Waals surface area contributed by atoms with Crippen LogP contribution in [-0.2, 0) is 14.8 Å². The standard InChI is InChI=1S/C14H22N2O4S2/c1-2-3-4-6-15-14(17)13-12(5-11-21-13)22(18,19)16-7-9-20-10-8-16/h5,11H,2-4,6-10H2,1H3,(H,15,17). The van der Waals surface area contributed by atoms with Gasteiger partial charge >= 0.3 is 0 Å². The molecule has 1 fully saturated rings. The smallest absolute Gasteiger partial charge is 0.262 e.